The van der Waals surface area contributed by atoms with E-state index in [9.17, 15) is 14.7 Å². The first-order chi connectivity index (χ1) is 8.99. The van der Waals surface area contributed by atoms with E-state index in [0.29, 0.717) is 31.7 Å². The Morgan fingerprint density at radius 2 is 1.95 bits per heavy atom. The number of carboxylic acid groups (broad SMARTS) is 1. The second kappa shape index (κ2) is 7.48. The molecule has 1 rings (SSSR count). The molecular weight excluding hydrogens is 246 g/mol. The van der Waals surface area contributed by atoms with Gasteiger partial charge in [-0.05, 0) is 31.1 Å². The van der Waals surface area contributed by atoms with Crippen molar-refractivity contribution < 1.29 is 19.8 Å². The summed E-state index contributed by atoms with van der Waals surface area (Å²) in [6.07, 6.45) is 2.85. The van der Waals surface area contributed by atoms with Crippen LogP contribution in [0.1, 0.15) is 39.5 Å². The Hall–Kier alpha value is -1.10. The summed E-state index contributed by atoms with van der Waals surface area (Å²) in [5, 5.41) is 20.8. The fourth-order valence-corrected chi connectivity index (χ4v) is 2.77. The molecule has 0 heterocycles. The molecule has 1 amide bonds. The van der Waals surface area contributed by atoms with Gasteiger partial charge in [0.1, 0.15) is 0 Å². The largest absolute Gasteiger partial charge is 0.481 e. The van der Waals surface area contributed by atoms with E-state index in [-0.39, 0.29) is 18.4 Å². The summed E-state index contributed by atoms with van der Waals surface area (Å²) in [5.41, 5.74) is 0. The molecule has 0 aromatic carbocycles. The van der Waals surface area contributed by atoms with Crippen molar-refractivity contribution in [2.75, 3.05) is 13.2 Å². The van der Waals surface area contributed by atoms with Crippen molar-refractivity contribution >= 4 is 11.9 Å². The fraction of sp³-hybridized carbons (Fsp3) is 0.857. The van der Waals surface area contributed by atoms with Crippen molar-refractivity contribution in [2.45, 2.75) is 39.5 Å². The zero-order valence-corrected chi connectivity index (χ0v) is 11.8. The first kappa shape index (κ1) is 16.0. The monoisotopic (exact) mass is 271 g/mol. The predicted molar refractivity (Wildman–Crippen MR) is 71.5 cm³/mol. The number of carbonyl (C=O) groups excluding carboxylic acids is 1. The van der Waals surface area contributed by atoms with Crippen molar-refractivity contribution in [3.05, 3.63) is 0 Å². The maximum absolute atomic E-state index is 12.1. The third-order valence-corrected chi connectivity index (χ3v) is 4.14. The van der Waals surface area contributed by atoms with Crippen LogP contribution in [0, 0.1) is 23.7 Å². The molecule has 19 heavy (non-hydrogen) atoms. The maximum Gasteiger partial charge on any atom is 0.307 e. The van der Waals surface area contributed by atoms with Gasteiger partial charge in [0.2, 0.25) is 5.91 Å². The normalized spacial score (nSPS) is 28.1. The number of aliphatic hydroxyl groups is 1. The fourth-order valence-electron chi connectivity index (χ4n) is 2.77. The van der Waals surface area contributed by atoms with Gasteiger partial charge in [0.25, 0.3) is 0 Å². The third-order valence-electron chi connectivity index (χ3n) is 4.14. The summed E-state index contributed by atoms with van der Waals surface area (Å²) in [7, 11) is 0. The van der Waals surface area contributed by atoms with Crippen molar-refractivity contribution in [3.63, 3.8) is 0 Å². The Kier molecular flexibility index (Phi) is 6.28. The zero-order chi connectivity index (χ0) is 14.4. The topological polar surface area (TPSA) is 86.6 Å². The van der Waals surface area contributed by atoms with Crippen LogP contribution in [0.2, 0.25) is 0 Å². The molecule has 1 aliphatic carbocycles. The molecule has 4 atom stereocenters. The minimum atomic E-state index is -0.862. The lowest BCUT2D eigenvalue weighted by atomic mass is 9.95. The number of rotatable bonds is 7. The summed E-state index contributed by atoms with van der Waals surface area (Å²) in [6, 6.07) is 0. The Balaban J connectivity index is 2.52. The molecule has 0 aliphatic heterocycles. The molecule has 110 valence electrons. The molecule has 5 heteroatoms. The van der Waals surface area contributed by atoms with E-state index in [1.165, 1.54) is 0 Å². The van der Waals surface area contributed by atoms with Crippen LogP contribution in [0.5, 0.6) is 0 Å². The standard InChI is InChI=1S/C14H25NO4/c1-3-10-6-11(12(7-10)14(18)19)13(17)15-8-9(2)4-5-16/h9-12,16H,3-8H2,1-2H3,(H,15,17)(H,18,19). The number of nitrogens with one attached hydrogen (secondary N) is 1. The van der Waals surface area contributed by atoms with Crippen LogP contribution >= 0.6 is 0 Å². The van der Waals surface area contributed by atoms with Crippen LogP contribution in [-0.4, -0.2) is 35.2 Å². The highest BCUT2D eigenvalue weighted by molar-refractivity contribution is 5.85. The molecule has 1 saturated carbocycles. The number of aliphatic carboxylic acids is 1. The van der Waals surface area contributed by atoms with E-state index < -0.39 is 17.8 Å². The molecule has 3 N–H and O–H groups in total. The lowest BCUT2D eigenvalue weighted by molar-refractivity contribution is -0.146. The number of amides is 1. The summed E-state index contributed by atoms with van der Waals surface area (Å²) in [6.45, 7) is 4.59. The molecular formula is C14H25NO4. The highest BCUT2D eigenvalue weighted by atomic mass is 16.4. The van der Waals surface area contributed by atoms with Crippen LogP contribution in [0.4, 0.5) is 0 Å². The molecule has 0 aromatic rings. The number of aliphatic hydroxyl groups excluding tert-OH is 1. The highest BCUT2D eigenvalue weighted by Crippen LogP contribution is 2.38. The molecule has 0 spiro atoms. The van der Waals surface area contributed by atoms with E-state index >= 15 is 0 Å². The first-order valence-corrected chi connectivity index (χ1v) is 7.10. The van der Waals surface area contributed by atoms with Crippen LogP contribution in [0.3, 0.4) is 0 Å². The second-order valence-electron chi connectivity index (χ2n) is 5.66. The van der Waals surface area contributed by atoms with E-state index in [1.807, 2.05) is 13.8 Å². The first-order valence-electron chi connectivity index (χ1n) is 7.10. The Morgan fingerprint density at radius 3 is 2.47 bits per heavy atom. The Bertz CT molecular complexity index is 319. The number of carboxylic acids is 1. The van der Waals surface area contributed by atoms with E-state index in [1.54, 1.807) is 0 Å². The molecule has 0 radical (unpaired) electrons. The summed E-state index contributed by atoms with van der Waals surface area (Å²) < 4.78 is 0. The summed E-state index contributed by atoms with van der Waals surface area (Å²) in [5.74, 6) is -1.40. The van der Waals surface area contributed by atoms with Crippen molar-refractivity contribution in [3.8, 4) is 0 Å². The average Bonchev–Trinajstić information content (AvgIpc) is 2.80. The second-order valence-corrected chi connectivity index (χ2v) is 5.66. The van der Waals surface area contributed by atoms with Gasteiger partial charge in [-0.2, -0.15) is 0 Å². The van der Waals surface area contributed by atoms with Crippen LogP contribution < -0.4 is 5.32 Å². The lowest BCUT2D eigenvalue weighted by Gasteiger charge is -2.17. The van der Waals surface area contributed by atoms with Gasteiger partial charge < -0.3 is 15.5 Å². The number of carbonyl (C=O) groups is 2. The van der Waals surface area contributed by atoms with Gasteiger partial charge in [0.05, 0.1) is 11.8 Å². The zero-order valence-electron chi connectivity index (χ0n) is 11.8. The smallest absolute Gasteiger partial charge is 0.307 e. The Morgan fingerprint density at radius 1 is 1.32 bits per heavy atom. The van der Waals surface area contributed by atoms with Crippen molar-refractivity contribution in [1.82, 2.24) is 5.32 Å². The molecule has 1 fully saturated rings. The van der Waals surface area contributed by atoms with Crippen LogP contribution in [0.15, 0.2) is 0 Å². The highest BCUT2D eigenvalue weighted by Gasteiger charge is 2.41. The molecule has 1 aliphatic rings. The lowest BCUT2D eigenvalue weighted by Crippen LogP contribution is -2.37. The molecule has 0 saturated heterocycles. The van der Waals surface area contributed by atoms with Crippen molar-refractivity contribution in [1.29, 1.82) is 0 Å². The van der Waals surface area contributed by atoms with Crippen LogP contribution in [-0.2, 0) is 9.59 Å². The third kappa shape index (κ3) is 4.49. The van der Waals surface area contributed by atoms with Crippen molar-refractivity contribution in [2.24, 2.45) is 23.7 Å². The molecule has 5 nitrogen and oxygen atoms in total. The molecule has 4 unspecified atom stereocenters. The van der Waals surface area contributed by atoms with Gasteiger partial charge in [-0.15, -0.1) is 0 Å². The van der Waals surface area contributed by atoms with E-state index in [0.717, 1.165) is 6.42 Å². The summed E-state index contributed by atoms with van der Waals surface area (Å²) >= 11 is 0. The summed E-state index contributed by atoms with van der Waals surface area (Å²) in [4.78, 5) is 23.3. The Labute approximate surface area is 114 Å². The predicted octanol–water partition coefficient (Wildman–Crippen LogP) is 1.26. The van der Waals surface area contributed by atoms with Gasteiger partial charge in [0, 0.05) is 13.2 Å². The van der Waals surface area contributed by atoms with E-state index in [4.69, 9.17) is 5.11 Å². The average molecular weight is 271 g/mol. The number of hydrogen-bond donors (Lipinski definition) is 3. The van der Waals surface area contributed by atoms with Gasteiger partial charge in [-0.25, -0.2) is 0 Å². The minimum Gasteiger partial charge on any atom is -0.481 e. The molecule has 0 aromatic heterocycles. The van der Waals surface area contributed by atoms with Gasteiger partial charge in [0.15, 0.2) is 0 Å². The van der Waals surface area contributed by atoms with E-state index in [2.05, 4.69) is 5.32 Å². The quantitative estimate of drug-likeness (QED) is 0.650. The maximum atomic E-state index is 12.1. The van der Waals surface area contributed by atoms with Gasteiger partial charge >= 0.3 is 5.97 Å². The van der Waals surface area contributed by atoms with Gasteiger partial charge in [-0.3, -0.25) is 9.59 Å². The van der Waals surface area contributed by atoms with Crippen LogP contribution in [0.25, 0.3) is 0 Å². The SMILES string of the molecule is CCC1CC(C(=O)O)C(C(=O)NCC(C)CCO)C1. The van der Waals surface area contributed by atoms with Gasteiger partial charge in [-0.1, -0.05) is 20.3 Å². The minimum absolute atomic E-state index is 0.107. The number of hydrogen-bond acceptors (Lipinski definition) is 3. The molecule has 0 bridgehead atoms.